The lowest BCUT2D eigenvalue weighted by Crippen LogP contribution is -2.59. The van der Waals surface area contributed by atoms with Gasteiger partial charge in [0.25, 0.3) is 0 Å². The van der Waals surface area contributed by atoms with Crippen LogP contribution in [0.15, 0.2) is 60.7 Å². The van der Waals surface area contributed by atoms with Crippen LogP contribution < -0.4 is 0 Å². The normalized spacial score (nSPS) is 32.6. The minimum atomic E-state index is 0.308. The molecule has 2 bridgehead atoms. The molecule has 4 nitrogen and oxygen atoms in total. The third kappa shape index (κ3) is 5.03. The van der Waals surface area contributed by atoms with Crippen LogP contribution in [0, 0.1) is 0 Å². The largest absolute Gasteiger partial charge is 0.304 e. The highest BCUT2D eigenvalue weighted by Crippen LogP contribution is 2.54. The summed E-state index contributed by atoms with van der Waals surface area (Å²) in [6.07, 6.45) is 8.05. The highest BCUT2D eigenvalue weighted by Gasteiger charge is 2.54. The minimum Gasteiger partial charge on any atom is -0.304 e. The molecule has 4 heteroatoms. The topological polar surface area (TPSA) is 13.0 Å². The maximum Gasteiger partial charge on any atom is 0.0235 e. The average Bonchev–Trinajstić information content (AvgIpc) is 3.33. The quantitative estimate of drug-likeness (QED) is 0.552. The second-order valence-corrected chi connectivity index (χ2v) is 12.1. The van der Waals surface area contributed by atoms with Crippen LogP contribution in [-0.4, -0.2) is 97.1 Å². The van der Waals surface area contributed by atoms with Crippen molar-refractivity contribution in [3.8, 4) is 0 Å². The van der Waals surface area contributed by atoms with E-state index in [1.807, 2.05) is 0 Å². The molecular weight excluding hydrogens is 440 g/mol. The van der Waals surface area contributed by atoms with E-state index in [4.69, 9.17) is 0 Å². The van der Waals surface area contributed by atoms with Crippen LogP contribution >= 0.6 is 0 Å². The summed E-state index contributed by atoms with van der Waals surface area (Å²) < 4.78 is 0. The second-order valence-electron chi connectivity index (χ2n) is 12.1. The first kappa shape index (κ1) is 24.6. The van der Waals surface area contributed by atoms with E-state index in [0.29, 0.717) is 23.4 Å². The van der Waals surface area contributed by atoms with Gasteiger partial charge in [0.15, 0.2) is 0 Å². The molecule has 5 fully saturated rings. The van der Waals surface area contributed by atoms with Gasteiger partial charge in [0.2, 0.25) is 0 Å². The number of benzene rings is 2. The van der Waals surface area contributed by atoms with Crippen molar-refractivity contribution in [3.05, 3.63) is 71.8 Å². The first-order chi connectivity index (χ1) is 17.7. The van der Waals surface area contributed by atoms with Gasteiger partial charge in [-0.2, -0.15) is 0 Å². The van der Waals surface area contributed by atoms with Gasteiger partial charge in [-0.15, -0.1) is 0 Å². The van der Waals surface area contributed by atoms with Gasteiger partial charge in [-0.1, -0.05) is 60.7 Å². The molecule has 2 atom stereocenters. The molecule has 0 amide bonds. The van der Waals surface area contributed by atoms with Crippen molar-refractivity contribution in [2.24, 2.45) is 0 Å². The van der Waals surface area contributed by atoms with Crippen molar-refractivity contribution in [1.29, 1.82) is 0 Å². The monoisotopic (exact) mass is 486 g/mol. The summed E-state index contributed by atoms with van der Waals surface area (Å²) in [4.78, 5) is 11.1. The Morgan fingerprint density at radius 3 is 1.86 bits per heavy atom. The first-order valence-electron chi connectivity index (χ1n) is 14.7. The van der Waals surface area contributed by atoms with Crippen LogP contribution in [0.3, 0.4) is 0 Å². The summed E-state index contributed by atoms with van der Waals surface area (Å²) in [7, 11) is 2.29. The number of likely N-dealkylation sites (tertiary alicyclic amines) is 1. The number of nitrogens with zero attached hydrogens (tertiary/aromatic N) is 4. The Kier molecular flexibility index (Phi) is 7.48. The molecule has 5 aliphatic rings. The summed E-state index contributed by atoms with van der Waals surface area (Å²) in [5.41, 5.74) is 3.43. The van der Waals surface area contributed by atoms with Crippen LogP contribution in [0.2, 0.25) is 0 Å². The van der Waals surface area contributed by atoms with Crippen LogP contribution in [0.4, 0.5) is 0 Å². The molecule has 0 unspecified atom stereocenters. The summed E-state index contributed by atoms with van der Waals surface area (Å²) >= 11 is 0. The third-order valence-corrected chi connectivity index (χ3v) is 10.1. The van der Waals surface area contributed by atoms with Crippen molar-refractivity contribution >= 4 is 0 Å². The van der Waals surface area contributed by atoms with Gasteiger partial charge >= 0.3 is 0 Å². The maximum atomic E-state index is 2.95. The van der Waals surface area contributed by atoms with Gasteiger partial charge in [-0.25, -0.2) is 0 Å². The molecule has 4 saturated heterocycles. The smallest absolute Gasteiger partial charge is 0.0235 e. The molecule has 2 aromatic rings. The second kappa shape index (κ2) is 10.9. The fourth-order valence-corrected chi connectivity index (χ4v) is 8.13. The minimum absolute atomic E-state index is 0.308. The predicted octanol–water partition coefficient (Wildman–Crippen LogP) is 4.89. The van der Waals surface area contributed by atoms with E-state index in [0.717, 1.165) is 0 Å². The lowest BCUT2D eigenvalue weighted by atomic mass is 9.63. The van der Waals surface area contributed by atoms with Gasteiger partial charge in [-0.3, -0.25) is 9.80 Å². The van der Waals surface area contributed by atoms with Gasteiger partial charge in [0.05, 0.1) is 0 Å². The van der Waals surface area contributed by atoms with Crippen LogP contribution in [-0.2, 0) is 0 Å². The van der Waals surface area contributed by atoms with E-state index in [1.54, 1.807) is 11.1 Å². The molecule has 194 valence electrons. The number of rotatable bonds is 7. The standard InChI is InChI=1S/C32H46N4/c1-33-21-23-36(24-22-33)32-15-20-35(19-10-18-34-16-8-9-17-34)31(29(25-32)27-11-4-2-5-12-27)30(26-32)28-13-6-3-7-14-28/h2-7,11-14,29-31H,8-10,15-26H2,1H3/t29-,30-,31?,32?/m1/s1. The summed E-state index contributed by atoms with van der Waals surface area (Å²) in [6, 6.07) is 23.8. The summed E-state index contributed by atoms with van der Waals surface area (Å²) in [6.45, 7) is 11.3. The van der Waals surface area contributed by atoms with E-state index >= 15 is 0 Å². The third-order valence-electron chi connectivity index (χ3n) is 10.1. The predicted molar refractivity (Wildman–Crippen MR) is 150 cm³/mol. The average molecular weight is 487 g/mol. The van der Waals surface area contributed by atoms with Gasteiger partial charge in [0.1, 0.15) is 0 Å². The number of piperazine rings is 1. The van der Waals surface area contributed by atoms with Gasteiger partial charge in [0, 0.05) is 56.1 Å². The lowest BCUT2D eigenvalue weighted by Gasteiger charge is -2.54. The zero-order valence-electron chi connectivity index (χ0n) is 22.4. The number of hydrogen-bond acceptors (Lipinski definition) is 4. The van der Waals surface area contributed by atoms with Crippen molar-refractivity contribution in [2.75, 3.05) is 66.0 Å². The fraction of sp³-hybridized carbons (Fsp3) is 0.625. The van der Waals surface area contributed by atoms with Crippen molar-refractivity contribution in [1.82, 2.24) is 19.6 Å². The van der Waals surface area contributed by atoms with Gasteiger partial charge in [-0.05, 0) is 82.9 Å². The van der Waals surface area contributed by atoms with Crippen molar-refractivity contribution in [2.45, 2.75) is 61.9 Å². The first-order valence-corrected chi connectivity index (χ1v) is 14.7. The molecule has 4 aliphatic heterocycles. The molecule has 1 aliphatic carbocycles. The van der Waals surface area contributed by atoms with Crippen LogP contribution in [0.5, 0.6) is 0 Å². The molecular formula is C32H46N4. The van der Waals surface area contributed by atoms with Crippen LogP contribution in [0.1, 0.15) is 61.5 Å². The van der Waals surface area contributed by atoms with E-state index in [9.17, 15) is 0 Å². The molecule has 0 aromatic heterocycles. The lowest BCUT2D eigenvalue weighted by molar-refractivity contribution is -0.0000139. The molecule has 4 heterocycles. The number of hydrogen-bond donors (Lipinski definition) is 0. The Bertz CT molecular complexity index is 899. The van der Waals surface area contributed by atoms with Crippen molar-refractivity contribution in [3.63, 3.8) is 0 Å². The highest BCUT2D eigenvalue weighted by atomic mass is 15.3. The fourth-order valence-electron chi connectivity index (χ4n) is 8.13. The van der Waals surface area contributed by atoms with E-state index in [-0.39, 0.29) is 0 Å². The zero-order chi connectivity index (χ0) is 24.4. The molecule has 2 aromatic carbocycles. The SMILES string of the molecule is CN1CCN(C23CCN(CCCN4CCCC4)C([C@@H](c4ccccc4)C2)[C@@H](c2ccccc2)C3)CC1. The Morgan fingerprint density at radius 1 is 0.694 bits per heavy atom. The zero-order valence-corrected chi connectivity index (χ0v) is 22.4. The van der Waals surface area contributed by atoms with E-state index in [1.165, 1.54) is 97.4 Å². The Hall–Kier alpha value is -1.72. The molecule has 7 rings (SSSR count). The van der Waals surface area contributed by atoms with E-state index in [2.05, 4.69) is 87.3 Å². The Labute approximate surface area is 219 Å². The van der Waals surface area contributed by atoms with Gasteiger partial charge < -0.3 is 9.80 Å². The number of likely N-dealkylation sites (N-methyl/N-ethyl adjacent to an activating group) is 1. The van der Waals surface area contributed by atoms with E-state index < -0.39 is 0 Å². The Morgan fingerprint density at radius 2 is 1.28 bits per heavy atom. The van der Waals surface area contributed by atoms with Crippen LogP contribution in [0.25, 0.3) is 0 Å². The molecule has 0 spiro atoms. The molecule has 0 radical (unpaired) electrons. The maximum absolute atomic E-state index is 2.95. The molecule has 1 saturated carbocycles. The van der Waals surface area contributed by atoms with Crippen molar-refractivity contribution < 1.29 is 0 Å². The summed E-state index contributed by atoms with van der Waals surface area (Å²) in [5, 5.41) is 0. The molecule has 0 N–H and O–H groups in total. The molecule has 36 heavy (non-hydrogen) atoms. The summed E-state index contributed by atoms with van der Waals surface area (Å²) in [5.74, 6) is 1.19. The number of fused-ring (bicyclic) bond motifs is 4. The highest BCUT2D eigenvalue weighted by molar-refractivity contribution is 5.32. The Balaban J connectivity index is 1.35.